The average molecular weight is 317 g/mol. The van der Waals surface area contributed by atoms with Crippen LogP contribution in [-0.4, -0.2) is 21.9 Å². The number of carbonyl (C=O) groups excluding carboxylic acids is 2. The summed E-state index contributed by atoms with van der Waals surface area (Å²) in [6.45, 7) is 3.44. The number of hydrogen-bond acceptors (Lipinski definition) is 3. The molecule has 4 rings (SSSR count). The number of anilines is 1. The summed E-state index contributed by atoms with van der Waals surface area (Å²) in [5.74, 6) is -0.322. The number of fused-ring (bicyclic) bond motifs is 3. The Morgan fingerprint density at radius 2 is 1.83 bits per heavy atom. The molecule has 1 heterocycles. The van der Waals surface area contributed by atoms with Crippen molar-refractivity contribution in [3.63, 3.8) is 0 Å². The number of benzene rings is 2. The summed E-state index contributed by atoms with van der Waals surface area (Å²) in [7, 11) is 0. The van der Waals surface area contributed by atoms with Crippen molar-refractivity contribution in [2.45, 2.75) is 13.8 Å². The number of amides is 1. The highest BCUT2D eigenvalue weighted by Gasteiger charge is 2.34. The van der Waals surface area contributed by atoms with Crippen LogP contribution in [0.1, 0.15) is 28.4 Å². The molecule has 0 fully saturated rings. The lowest BCUT2D eigenvalue weighted by atomic mass is 10.0. The van der Waals surface area contributed by atoms with Gasteiger partial charge in [-0.15, -0.1) is 0 Å². The number of aromatic amines is 1. The monoisotopic (exact) mass is 317 g/mol. The van der Waals surface area contributed by atoms with Gasteiger partial charge < -0.3 is 5.32 Å². The highest BCUT2D eigenvalue weighted by Crippen LogP contribution is 2.42. The second kappa shape index (κ2) is 5.16. The summed E-state index contributed by atoms with van der Waals surface area (Å²) >= 11 is 0. The third kappa shape index (κ3) is 2.06. The number of ketones is 1. The SMILES string of the molecule is CC(=O)Nc1cccc2c1C(=O)c1c(-c3ccc(C)cc3)n[nH]c1-2. The van der Waals surface area contributed by atoms with Crippen molar-refractivity contribution in [2.75, 3.05) is 5.32 Å². The smallest absolute Gasteiger partial charge is 0.221 e. The lowest BCUT2D eigenvalue weighted by Gasteiger charge is -2.07. The molecule has 5 nitrogen and oxygen atoms in total. The molecule has 5 heteroatoms. The van der Waals surface area contributed by atoms with E-state index in [2.05, 4.69) is 15.5 Å². The van der Waals surface area contributed by atoms with Gasteiger partial charge in [0, 0.05) is 18.1 Å². The van der Waals surface area contributed by atoms with Crippen LogP contribution in [0.2, 0.25) is 0 Å². The molecule has 0 unspecified atom stereocenters. The summed E-state index contributed by atoms with van der Waals surface area (Å²) in [6, 6.07) is 13.3. The van der Waals surface area contributed by atoms with E-state index in [1.54, 1.807) is 6.07 Å². The number of nitrogens with one attached hydrogen (secondary N) is 2. The van der Waals surface area contributed by atoms with Crippen LogP contribution >= 0.6 is 0 Å². The molecule has 1 amide bonds. The molecule has 0 saturated heterocycles. The maximum atomic E-state index is 13.0. The molecular weight excluding hydrogens is 302 g/mol. The van der Waals surface area contributed by atoms with E-state index in [-0.39, 0.29) is 11.7 Å². The van der Waals surface area contributed by atoms with Crippen molar-refractivity contribution in [1.82, 2.24) is 10.2 Å². The lowest BCUT2D eigenvalue weighted by molar-refractivity contribution is -0.114. The van der Waals surface area contributed by atoms with E-state index in [0.717, 1.165) is 16.7 Å². The first-order chi connectivity index (χ1) is 11.6. The molecular formula is C19H15N3O2. The number of rotatable bonds is 2. The Bertz CT molecular complexity index is 984. The second-order valence-electron chi connectivity index (χ2n) is 5.93. The average Bonchev–Trinajstić information content (AvgIpc) is 3.09. The van der Waals surface area contributed by atoms with Crippen molar-refractivity contribution in [2.24, 2.45) is 0 Å². The van der Waals surface area contributed by atoms with Gasteiger partial charge in [-0.1, -0.05) is 42.0 Å². The van der Waals surface area contributed by atoms with E-state index in [1.807, 2.05) is 43.3 Å². The molecule has 2 aromatic carbocycles. The highest BCUT2D eigenvalue weighted by atomic mass is 16.1. The zero-order valence-electron chi connectivity index (χ0n) is 13.3. The van der Waals surface area contributed by atoms with Crippen LogP contribution in [0.25, 0.3) is 22.5 Å². The van der Waals surface area contributed by atoms with E-state index in [0.29, 0.717) is 28.2 Å². The third-order valence-corrected chi connectivity index (χ3v) is 4.19. The predicted molar refractivity (Wildman–Crippen MR) is 91.9 cm³/mol. The van der Waals surface area contributed by atoms with Crippen LogP contribution in [0.3, 0.4) is 0 Å². The maximum Gasteiger partial charge on any atom is 0.221 e. The van der Waals surface area contributed by atoms with Gasteiger partial charge in [-0.25, -0.2) is 0 Å². The molecule has 24 heavy (non-hydrogen) atoms. The largest absolute Gasteiger partial charge is 0.326 e. The fraction of sp³-hybridized carbons (Fsp3) is 0.105. The van der Waals surface area contributed by atoms with Crippen molar-refractivity contribution < 1.29 is 9.59 Å². The number of carbonyl (C=O) groups is 2. The number of aryl methyl sites for hydroxylation is 1. The molecule has 0 atom stereocenters. The molecule has 1 aliphatic carbocycles. The second-order valence-corrected chi connectivity index (χ2v) is 5.93. The molecule has 0 saturated carbocycles. The normalized spacial score (nSPS) is 12.0. The maximum absolute atomic E-state index is 13.0. The molecule has 0 spiro atoms. The first-order valence-electron chi connectivity index (χ1n) is 7.67. The van der Waals surface area contributed by atoms with E-state index in [4.69, 9.17) is 0 Å². The lowest BCUT2D eigenvalue weighted by Crippen LogP contribution is -2.10. The number of hydrogen-bond donors (Lipinski definition) is 2. The van der Waals surface area contributed by atoms with Gasteiger partial charge in [-0.2, -0.15) is 5.10 Å². The highest BCUT2D eigenvalue weighted by molar-refractivity contribution is 6.26. The van der Waals surface area contributed by atoms with Crippen LogP contribution in [0.15, 0.2) is 42.5 Å². The van der Waals surface area contributed by atoms with Crippen LogP contribution in [0, 0.1) is 6.92 Å². The van der Waals surface area contributed by atoms with E-state index in [9.17, 15) is 9.59 Å². The molecule has 0 radical (unpaired) electrons. The van der Waals surface area contributed by atoms with Crippen LogP contribution in [0.5, 0.6) is 0 Å². The zero-order chi connectivity index (χ0) is 16.8. The molecule has 1 aliphatic rings. The number of H-pyrrole nitrogens is 1. The first kappa shape index (κ1) is 14.4. The van der Waals surface area contributed by atoms with Gasteiger partial charge in [-0.05, 0) is 13.0 Å². The van der Waals surface area contributed by atoms with Gasteiger partial charge in [0.05, 0.1) is 22.5 Å². The van der Waals surface area contributed by atoms with Crippen LogP contribution in [0.4, 0.5) is 5.69 Å². The Labute approximate surface area is 138 Å². The molecule has 2 N–H and O–H groups in total. The van der Waals surface area contributed by atoms with Gasteiger partial charge in [0.25, 0.3) is 0 Å². The quantitative estimate of drug-likeness (QED) is 0.593. The summed E-state index contributed by atoms with van der Waals surface area (Å²) in [5.41, 5.74) is 5.76. The van der Waals surface area contributed by atoms with E-state index < -0.39 is 0 Å². The summed E-state index contributed by atoms with van der Waals surface area (Å²) in [4.78, 5) is 24.4. The summed E-state index contributed by atoms with van der Waals surface area (Å²) in [6.07, 6.45) is 0. The number of nitrogens with zero attached hydrogens (tertiary/aromatic N) is 1. The van der Waals surface area contributed by atoms with Crippen LogP contribution < -0.4 is 5.32 Å². The zero-order valence-corrected chi connectivity index (χ0v) is 13.3. The Hall–Kier alpha value is -3.21. The molecule has 3 aromatic rings. The molecule has 118 valence electrons. The molecule has 1 aromatic heterocycles. The minimum Gasteiger partial charge on any atom is -0.326 e. The van der Waals surface area contributed by atoms with Gasteiger partial charge in [0.1, 0.15) is 5.69 Å². The van der Waals surface area contributed by atoms with Gasteiger partial charge in [0.15, 0.2) is 5.78 Å². The minimum absolute atomic E-state index is 0.117. The van der Waals surface area contributed by atoms with Crippen molar-refractivity contribution in [1.29, 1.82) is 0 Å². The van der Waals surface area contributed by atoms with Crippen LogP contribution in [-0.2, 0) is 4.79 Å². The fourth-order valence-corrected chi connectivity index (χ4v) is 3.10. The topological polar surface area (TPSA) is 74.8 Å². The van der Waals surface area contributed by atoms with E-state index in [1.165, 1.54) is 6.92 Å². The number of aromatic nitrogens is 2. The van der Waals surface area contributed by atoms with Crippen molar-refractivity contribution in [3.8, 4) is 22.5 Å². The molecule has 0 bridgehead atoms. The minimum atomic E-state index is -0.205. The Balaban J connectivity index is 1.88. The summed E-state index contributed by atoms with van der Waals surface area (Å²) < 4.78 is 0. The van der Waals surface area contributed by atoms with Gasteiger partial charge in [0.2, 0.25) is 5.91 Å². The van der Waals surface area contributed by atoms with Gasteiger partial charge >= 0.3 is 0 Å². The first-order valence-corrected chi connectivity index (χ1v) is 7.67. The summed E-state index contributed by atoms with van der Waals surface area (Å²) in [5, 5.41) is 10.1. The standard InChI is InChI=1S/C19H15N3O2/c1-10-6-8-12(9-7-10)17-16-18(22-21-17)13-4-3-5-14(20-11(2)23)15(13)19(16)24/h3-9H,1-2H3,(H,20,23)(H,21,22). The third-order valence-electron chi connectivity index (χ3n) is 4.19. The Morgan fingerprint density at radius 1 is 1.08 bits per heavy atom. The van der Waals surface area contributed by atoms with Gasteiger partial charge in [-0.3, -0.25) is 14.7 Å². The van der Waals surface area contributed by atoms with E-state index >= 15 is 0 Å². The molecule has 0 aliphatic heterocycles. The predicted octanol–water partition coefficient (Wildman–Crippen LogP) is 3.55. The van der Waals surface area contributed by atoms with Crippen molar-refractivity contribution in [3.05, 3.63) is 59.2 Å². The Morgan fingerprint density at radius 3 is 2.54 bits per heavy atom. The van der Waals surface area contributed by atoms with Crippen molar-refractivity contribution >= 4 is 17.4 Å². The Kier molecular flexibility index (Phi) is 3.09. The fourth-order valence-electron chi connectivity index (χ4n) is 3.10.